The van der Waals surface area contributed by atoms with Crippen molar-refractivity contribution in [1.29, 1.82) is 0 Å². The van der Waals surface area contributed by atoms with Gasteiger partial charge in [0.15, 0.2) is 0 Å². The third kappa shape index (κ3) is 11.6. The topological polar surface area (TPSA) is 0 Å². The first-order valence-corrected chi connectivity index (χ1v) is 25.9. The molecule has 0 bridgehead atoms. The second kappa shape index (κ2) is 18.9. The second-order valence-electron chi connectivity index (χ2n) is 7.37. The molecule has 0 unspecified atom stereocenters. The normalized spacial score (nSPS) is 25.5. The summed E-state index contributed by atoms with van der Waals surface area (Å²) in [5, 5.41) is 19.8. The molecule has 0 amide bonds. The zero-order valence-corrected chi connectivity index (χ0v) is 34.1. The smallest absolute Gasteiger partial charge is 0.0530 e. The lowest BCUT2D eigenvalue weighted by atomic mass is 10.6. The van der Waals surface area contributed by atoms with Crippen LogP contribution in [0, 0.1) is 0 Å². The van der Waals surface area contributed by atoms with Crippen molar-refractivity contribution < 1.29 is 0 Å². The van der Waals surface area contributed by atoms with Crippen LogP contribution < -0.4 is 0 Å². The fourth-order valence-corrected chi connectivity index (χ4v) is 20.9. The van der Waals surface area contributed by atoms with Gasteiger partial charge in [0.25, 0.3) is 0 Å². The third-order valence-corrected chi connectivity index (χ3v) is 23.4. The van der Waals surface area contributed by atoms with Crippen molar-refractivity contribution in [1.82, 2.24) is 0 Å². The SMILES string of the molecule is C1=CSC(=C/C=C2/SC=C(SCSC3=CS/C(=C\C=C4/SC=C(SCSC5=CS/C(=C/C=C6SC=CS6)S5)S4)S3)S2)S1. The van der Waals surface area contributed by atoms with Crippen molar-refractivity contribution in [2.45, 2.75) is 0 Å². The molecule has 42 heavy (non-hydrogen) atoms. The van der Waals surface area contributed by atoms with Crippen molar-refractivity contribution in [2.75, 3.05) is 10.2 Å². The Hall–Kier alpha value is 2.48. The fraction of sp³-hybridized carbons (Fsp3) is 0.0769. The Bertz CT molecular complexity index is 1300. The first kappa shape index (κ1) is 34.3. The Morgan fingerprint density at radius 1 is 0.357 bits per heavy atom. The van der Waals surface area contributed by atoms with Crippen molar-refractivity contribution in [3.63, 3.8) is 0 Å². The highest BCUT2D eigenvalue weighted by molar-refractivity contribution is 8.41. The molecule has 6 aliphatic heterocycles. The van der Waals surface area contributed by atoms with E-state index in [0.29, 0.717) is 0 Å². The zero-order valence-electron chi connectivity index (χ0n) is 21.0. The Morgan fingerprint density at radius 3 is 0.905 bits per heavy atom. The van der Waals surface area contributed by atoms with Crippen LogP contribution in [0.5, 0.6) is 0 Å². The van der Waals surface area contributed by atoms with Crippen LogP contribution in [-0.2, 0) is 0 Å². The van der Waals surface area contributed by atoms with Crippen molar-refractivity contribution in [3.8, 4) is 0 Å². The molecule has 6 aliphatic rings. The lowest BCUT2D eigenvalue weighted by Crippen LogP contribution is -1.71. The lowest BCUT2D eigenvalue weighted by molar-refractivity contribution is 2.05. The summed E-state index contributed by atoms with van der Waals surface area (Å²) in [6, 6.07) is 0. The number of hydrogen-bond donors (Lipinski definition) is 0. The monoisotopic (exact) mass is 842 g/mol. The van der Waals surface area contributed by atoms with E-state index in [0.717, 1.165) is 10.2 Å². The summed E-state index contributed by atoms with van der Waals surface area (Å²) in [4.78, 5) is 0. The zero-order chi connectivity index (χ0) is 28.4. The number of thioether (sulfide) groups is 16. The highest BCUT2D eigenvalue weighted by Crippen LogP contribution is 2.55. The molecule has 0 aromatic carbocycles. The number of hydrogen-bond acceptors (Lipinski definition) is 16. The Kier molecular flexibility index (Phi) is 15.4. The molecule has 0 fully saturated rings. The molecule has 218 valence electrons. The van der Waals surface area contributed by atoms with E-state index in [-0.39, 0.29) is 0 Å². The van der Waals surface area contributed by atoms with Gasteiger partial charge in [-0.05, 0) is 79.7 Å². The van der Waals surface area contributed by atoms with Crippen LogP contribution in [0.2, 0.25) is 0 Å². The van der Waals surface area contributed by atoms with Gasteiger partial charge in [0.1, 0.15) is 0 Å². The molecule has 0 aliphatic carbocycles. The Morgan fingerprint density at radius 2 is 0.619 bits per heavy atom. The minimum Gasteiger partial charge on any atom is -0.107 e. The molecule has 0 N–H and O–H groups in total. The van der Waals surface area contributed by atoms with E-state index in [1.54, 1.807) is 47.0 Å². The first-order valence-electron chi connectivity index (χ1n) is 11.7. The van der Waals surface area contributed by atoms with E-state index in [2.05, 4.69) is 79.7 Å². The van der Waals surface area contributed by atoms with Gasteiger partial charge in [0.2, 0.25) is 0 Å². The molecule has 0 aromatic rings. The van der Waals surface area contributed by atoms with E-state index in [9.17, 15) is 0 Å². The van der Waals surface area contributed by atoms with Gasteiger partial charge in [-0.25, -0.2) is 0 Å². The summed E-state index contributed by atoms with van der Waals surface area (Å²) in [5.41, 5.74) is 0. The van der Waals surface area contributed by atoms with Crippen molar-refractivity contribution in [2.24, 2.45) is 0 Å². The molecular formula is C26H18S16. The van der Waals surface area contributed by atoms with Gasteiger partial charge >= 0.3 is 0 Å². The molecule has 16 heteroatoms. The minimum atomic E-state index is 1.05. The van der Waals surface area contributed by atoms with Crippen molar-refractivity contribution in [3.05, 3.63) is 122 Å². The van der Waals surface area contributed by atoms with Gasteiger partial charge in [0.05, 0.1) is 16.9 Å². The molecule has 0 nitrogen and oxygen atoms in total. The molecule has 0 aromatic heterocycles. The van der Waals surface area contributed by atoms with E-state index < -0.39 is 0 Å². The highest BCUT2D eigenvalue weighted by Gasteiger charge is 2.18. The molecule has 0 saturated heterocycles. The maximum absolute atomic E-state index is 2.30. The highest BCUT2D eigenvalue weighted by atomic mass is 32.3. The van der Waals surface area contributed by atoms with Gasteiger partial charge in [-0.3, -0.25) is 0 Å². The van der Waals surface area contributed by atoms with Crippen LogP contribution in [0.4, 0.5) is 0 Å². The first-order chi connectivity index (χ1) is 20.7. The minimum absolute atomic E-state index is 1.05. The Labute approximate surface area is 316 Å². The summed E-state index contributed by atoms with van der Waals surface area (Å²) < 4.78 is 13.7. The molecule has 6 heterocycles. The molecule has 0 spiro atoms. The predicted molar refractivity (Wildman–Crippen MR) is 230 cm³/mol. The summed E-state index contributed by atoms with van der Waals surface area (Å²) in [6.07, 6.45) is 13.5. The molecule has 0 saturated carbocycles. The predicted octanol–water partition coefficient (Wildman–Crippen LogP) is 15.9. The van der Waals surface area contributed by atoms with Crippen LogP contribution in [0.15, 0.2) is 122 Å². The Balaban J connectivity index is 0.838. The van der Waals surface area contributed by atoms with E-state index in [1.807, 2.05) is 141 Å². The molecule has 0 radical (unpaired) electrons. The van der Waals surface area contributed by atoms with E-state index >= 15 is 0 Å². The van der Waals surface area contributed by atoms with Gasteiger partial charge in [0, 0.05) is 35.6 Å². The molecule has 0 atom stereocenters. The molecular weight excluding hydrogens is 825 g/mol. The quantitative estimate of drug-likeness (QED) is 0.181. The van der Waals surface area contributed by atoms with Gasteiger partial charge < -0.3 is 0 Å². The van der Waals surface area contributed by atoms with Crippen LogP contribution in [0.3, 0.4) is 0 Å². The maximum atomic E-state index is 2.30. The van der Waals surface area contributed by atoms with Crippen molar-refractivity contribution >= 4 is 188 Å². The van der Waals surface area contributed by atoms with Gasteiger partial charge in [-0.15, -0.1) is 47.0 Å². The average molecular weight is 844 g/mol. The number of allylic oxidation sites excluding steroid dienone is 6. The summed E-state index contributed by atoms with van der Waals surface area (Å²) in [6.45, 7) is 0. The second-order valence-corrected chi connectivity index (χ2v) is 26.5. The van der Waals surface area contributed by atoms with Crippen LogP contribution in [0.1, 0.15) is 0 Å². The number of rotatable bonds is 11. The third-order valence-electron chi connectivity index (χ3n) is 4.61. The maximum Gasteiger partial charge on any atom is 0.0530 e. The summed E-state index contributed by atoms with van der Waals surface area (Å²) in [5.74, 6) is 0. The average Bonchev–Trinajstić information content (AvgIpc) is 3.83. The standard InChI is InChI=1S/C26H18S16/c1(17-27-7-8-28-17)3-19-31-11-23(39-19)35-15-37-25-13-33-21(41-25)5-6-22-34-14-26(42-22)38-16-36-24-12-32-20(40-24)4-2-18-29-9-10-30-18/h1-14H,15-16H2/b19-3-,20-4-,21-5+,22-6+. The largest absolute Gasteiger partial charge is 0.107 e. The van der Waals surface area contributed by atoms with E-state index in [1.165, 1.54) is 42.4 Å². The van der Waals surface area contributed by atoms with E-state index in [4.69, 9.17) is 0 Å². The summed E-state index contributed by atoms with van der Waals surface area (Å²) >= 11 is 29.9. The van der Waals surface area contributed by atoms with Gasteiger partial charge in [-0.2, -0.15) is 0 Å². The lowest BCUT2D eigenvalue weighted by Gasteiger charge is -2.02. The van der Waals surface area contributed by atoms with Crippen LogP contribution >= 0.6 is 188 Å². The molecule has 6 rings (SSSR count). The summed E-state index contributed by atoms with van der Waals surface area (Å²) in [7, 11) is 0. The van der Waals surface area contributed by atoms with Gasteiger partial charge in [-0.1, -0.05) is 141 Å². The fourth-order valence-electron chi connectivity index (χ4n) is 2.85. The van der Waals surface area contributed by atoms with Crippen LogP contribution in [-0.4, -0.2) is 10.2 Å². The van der Waals surface area contributed by atoms with Crippen LogP contribution in [0.25, 0.3) is 0 Å².